The highest BCUT2D eigenvalue weighted by Crippen LogP contribution is 2.31. The van der Waals surface area contributed by atoms with Gasteiger partial charge in [0, 0.05) is 22.9 Å². The molecule has 6 heteroatoms. The first kappa shape index (κ1) is 16.4. The Morgan fingerprint density at radius 1 is 1.08 bits per heavy atom. The summed E-state index contributed by atoms with van der Waals surface area (Å²) in [6.07, 6.45) is 0. The van der Waals surface area contributed by atoms with Crippen molar-refractivity contribution in [3.8, 4) is 22.8 Å². The van der Waals surface area contributed by atoms with Crippen molar-refractivity contribution in [3.63, 3.8) is 0 Å². The maximum absolute atomic E-state index is 12.1. The fourth-order valence-corrected chi connectivity index (χ4v) is 2.99. The highest BCUT2D eigenvalue weighted by atomic mass is 16.5. The zero-order valence-electron chi connectivity index (χ0n) is 14.8. The van der Waals surface area contributed by atoms with Gasteiger partial charge in [-0.3, -0.25) is 9.89 Å². The van der Waals surface area contributed by atoms with Gasteiger partial charge in [-0.05, 0) is 37.3 Å². The Morgan fingerprint density at radius 3 is 2.81 bits per heavy atom. The molecule has 6 nitrogen and oxygen atoms in total. The van der Waals surface area contributed by atoms with Gasteiger partial charge in [0.25, 0.3) is 5.91 Å². The summed E-state index contributed by atoms with van der Waals surface area (Å²) in [5.74, 6) is 1.43. The molecule has 0 saturated heterocycles. The third-order valence-corrected chi connectivity index (χ3v) is 4.77. The zero-order valence-corrected chi connectivity index (χ0v) is 14.8. The number of amides is 1. The molecule has 134 valence electrons. The number of benzene rings is 2. The molecule has 2 atom stereocenters. The number of H-pyrrole nitrogens is 1. The number of ether oxygens (including phenoxy) is 2. The minimum atomic E-state index is -0.146. The number of carbonyl (C=O) groups is 1. The van der Waals surface area contributed by atoms with Gasteiger partial charge in [0.1, 0.15) is 17.2 Å². The van der Waals surface area contributed by atoms with Crippen molar-refractivity contribution in [1.82, 2.24) is 15.5 Å². The highest BCUT2D eigenvalue weighted by Gasteiger charge is 2.17. The lowest BCUT2D eigenvalue weighted by atomic mass is 10.1. The maximum atomic E-state index is 12.1. The van der Waals surface area contributed by atoms with Crippen LogP contribution in [0.15, 0.2) is 42.5 Å². The quantitative estimate of drug-likeness (QED) is 0.652. The number of hydrogen-bond donors (Lipinski definition) is 2. The fourth-order valence-electron chi connectivity index (χ4n) is 2.99. The van der Waals surface area contributed by atoms with Crippen LogP contribution in [0.4, 0.5) is 0 Å². The van der Waals surface area contributed by atoms with Gasteiger partial charge in [-0.2, -0.15) is 5.10 Å². The first-order valence-electron chi connectivity index (χ1n) is 8.73. The van der Waals surface area contributed by atoms with Gasteiger partial charge in [-0.25, -0.2) is 0 Å². The molecule has 2 aromatic carbocycles. The van der Waals surface area contributed by atoms with Crippen LogP contribution in [0.1, 0.15) is 13.8 Å². The lowest BCUT2D eigenvalue weighted by Crippen LogP contribution is -2.41. The van der Waals surface area contributed by atoms with Crippen LogP contribution >= 0.6 is 0 Å². The smallest absolute Gasteiger partial charge is 0.258 e. The SMILES string of the molecule is C[C@H]1COc2ccc3[nH]nc(c3c2)-c2cccc(c2)OCC(=O)N[C@@H]1C. The summed E-state index contributed by atoms with van der Waals surface area (Å²) in [6.45, 7) is 4.51. The Bertz CT molecular complexity index is 950. The summed E-state index contributed by atoms with van der Waals surface area (Å²) in [4.78, 5) is 12.1. The predicted octanol–water partition coefficient (Wildman–Crippen LogP) is 3.14. The number of rotatable bonds is 0. The molecular formula is C20H21N3O3. The van der Waals surface area contributed by atoms with Crippen molar-refractivity contribution >= 4 is 16.8 Å². The van der Waals surface area contributed by atoms with E-state index < -0.39 is 0 Å². The minimum Gasteiger partial charge on any atom is -0.493 e. The normalized spacial score (nSPS) is 20.6. The van der Waals surface area contributed by atoms with E-state index in [9.17, 15) is 4.79 Å². The number of carbonyl (C=O) groups excluding carboxylic acids is 1. The summed E-state index contributed by atoms with van der Waals surface area (Å²) in [5.41, 5.74) is 2.70. The van der Waals surface area contributed by atoms with Gasteiger partial charge in [0.15, 0.2) is 6.61 Å². The molecule has 2 heterocycles. The van der Waals surface area contributed by atoms with Gasteiger partial charge < -0.3 is 14.8 Å². The second kappa shape index (κ2) is 6.71. The van der Waals surface area contributed by atoms with Crippen molar-refractivity contribution in [2.24, 2.45) is 5.92 Å². The van der Waals surface area contributed by atoms with E-state index in [1.54, 1.807) is 0 Å². The fraction of sp³-hybridized carbons (Fsp3) is 0.300. The van der Waals surface area contributed by atoms with Crippen LogP contribution in [0.2, 0.25) is 0 Å². The minimum absolute atomic E-state index is 0.0178. The highest BCUT2D eigenvalue weighted by molar-refractivity contribution is 5.94. The van der Waals surface area contributed by atoms with E-state index in [-0.39, 0.29) is 24.5 Å². The molecule has 4 rings (SSSR count). The van der Waals surface area contributed by atoms with Crippen LogP contribution < -0.4 is 14.8 Å². The Morgan fingerprint density at radius 2 is 1.92 bits per heavy atom. The molecule has 1 amide bonds. The summed E-state index contributed by atoms with van der Waals surface area (Å²) >= 11 is 0. The molecular weight excluding hydrogens is 330 g/mol. The third kappa shape index (κ3) is 3.22. The zero-order chi connectivity index (χ0) is 18.1. The molecule has 26 heavy (non-hydrogen) atoms. The molecule has 3 aromatic rings. The monoisotopic (exact) mass is 351 g/mol. The Kier molecular flexibility index (Phi) is 4.24. The van der Waals surface area contributed by atoms with Crippen molar-refractivity contribution in [1.29, 1.82) is 0 Å². The molecule has 0 spiro atoms. The van der Waals surface area contributed by atoms with Gasteiger partial charge in [0.05, 0.1) is 12.1 Å². The Balaban J connectivity index is 1.78. The Labute approximate surface area is 151 Å². The summed E-state index contributed by atoms with van der Waals surface area (Å²) in [6, 6.07) is 13.5. The molecule has 1 aromatic heterocycles. The lowest BCUT2D eigenvalue weighted by molar-refractivity contribution is -0.124. The van der Waals surface area contributed by atoms with Crippen LogP contribution in [0.5, 0.6) is 11.5 Å². The third-order valence-electron chi connectivity index (χ3n) is 4.77. The average molecular weight is 351 g/mol. The van der Waals surface area contributed by atoms with Crippen molar-refractivity contribution < 1.29 is 14.3 Å². The number of nitrogens with one attached hydrogen (secondary N) is 2. The predicted molar refractivity (Wildman–Crippen MR) is 99.3 cm³/mol. The van der Waals surface area contributed by atoms with E-state index in [0.29, 0.717) is 12.4 Å². The second-order valence-corrected chi connectivity index (χ2v) is 6.74. The first-order chi connectivity index (χ1) is 12.6. The number of aromatic amines is 1. The molecule has 0 fully saturated rings. The van der Waals surface area contributed by atoms with Gasteiger partial charge in [-0.1, -0.05) is 19.1 Å². The summed E-state index contributed by atoms with van der Waals surface area (Å²) < 4.78 is 11.6. The molecule has 0 aliphatic carbocycles. The Hall–Kier alpha value is -3.02. The molecule has 0 saturated carbocycles. The van der Waals surface area contributed by atoms with Crippen LogP contribution in [-0.2, 0) is 4.79 Å². The topological polar surface area (TPSA) is 76.2 Å². The van der Waals surface area contributed by atoms with Crippen LogP contribution in [0.3, 0.4) is 0 Å². The second-order valence-electron chi connectivity index (χ2n) is 6.74. The van der Waals surface area contributed by atoms with Crippen molar-refractivity contribution in [2.45, 2.75) is 19.9 Å². The summed E-state index contributed by atoms with van der Waals surface area (Å²) in [5, 5.41) is 11.5. The molecule has 0 unspecified atom stereocenters. The van der Waals surface area contributed by atoms with E-state index in [4.69, 9.17) is 9.47 Å². The molecule has 0 radical (unpaired) electrons. The molecule has 2 N–H and O–H groups in total. The van der Waals surface area contributed by atoms with Gasteiger partial charge in [0.2, 0.25) is 0 Å². The van der Waals surface area contributed by atoms with E-state index >= 15 is 0 Å². The number of nitrogens with zero attached hydrogens (tertiary/aromatic N) is 1. The maximum Gasteiger partial charge on any atom is 0.258 e. The van der Waals surface area contributed by atoms with E-state index in [0.717, 1.165) is 27.9 Å². The number of aromatic nitrogens is 2. The average Bonchev–Trinajstić information content (AvgIpc) is 3.07. The van der Waals surface area contributed by atoms with E-state index in [1.165, 1.54) is 0 Å². The molecule has 4 bridgehead atoms. The number of fused-ring (bicyclic) bond motifs is 4. The standard InChI is InChI=1S/C20H21N3O3/c1-12-10-25-16-6-7-18-17(9-16)20(23-22-18)14-4-3-5-15(8-14)26-11-19(24)21-13(12)2/h3-9,12-13H,10-11H2,1-2H3,(H,21,24)(H,22,23)/t12-,13+/m0/s1. The first-order valence-corrected chi connectivity index (χ1v) is 8.73. The van der Waals surface area contributed by atoms with Crippen LogP contribution in [-0.4, -0.2) is 35.4 Å². The summed E-state index contributed by atoms with van der Waals surface area (Å²) in [7, 11) is 0. The molecule has 1 aliphatic heterocycles. The number of hydrogen-bond acceptors (Lipinski definition) is 4. The van der Waals surface area contributed by atoms with Crippen molar-refractivity contribution in [2.75, 3.05) is 13.2 Å². The van der Waals surface area contributed by atoms with E-state index in [2.05, 4.69) is 22.4 Å². The van der Waals surface area contributed by atoms with E-state index in [1.807, 2.05) is 49.4 Å². The van der Waals surface area contributed by atoms with Crippen molar-refractivity contribution in [3.05, 3.63) is 42.5 Å². The lowest BCUT2D eigenvalue weighted by Gasteiger charge is -2.21. The molecule has 1 aliphatic rings. The van der Waals surface area contributed by atoms with Gasteiger partial charge in [-0.15, -0.1) is 0 Å². The largest absolute Gasteiger partial charge is 0.493 e. The van der Waals surface area contributed by atoms with Crippen LogP contribution in [0, 0.1) is 5.92 Å². The van der Waals surface area contributed by atoms with Crippen LogP contribution in [0.25, 0.3) is 22.2 Å². The van der Waals surface area contributed by atoms with Gasteiger partial charge >= 0.3 is 0 Å².